The number of aryl methyl sites for hydroxylation is 2. The third-order valence-corrected chi connectivity index (χ3v) is 2.95. The second kappa shape index (κ2) is 6.27. The highest BCUT2D eigenvalue weighted by atomic mass is 16.5. The number of hydrogen-bond acceptors (Lipinski definition) is 5. The summed E-state index contributed by atoms with van der Waals surface area (Å²) in [5, 5.41) is 7.35. The lowest BCUT2D eigenvalue weighted by atomic mass is 10.2. The Morgan fingerprint density at radius 3 is 2.90 bits per heavy atom. The van der Waals surface area contributed by atoms with Crippen LogP contribution in [0.2, 0.25) is 0 Å². The largest absolute Gasteiger partial charge is 0.492 e. The van der Waals surface area contributed by atoms with Gasteiger partial charge in [-0.1, -0.05) is 6.07 Å². The molecule has 112 valence electrons. The van der Waals surface area contributed by atoms with Crippen LogP contribution in [0.4, 0.5) is 11.5 Å². The van der Waals surface area contributed by atoms with E-state index >= 15 is 0 Å². The molecule has 2 aromatic rings. The van der Waals surface area contributed by atoms with Gasteiger partial charge in [0, 0.05) is 25.3 Å². The second-order valence-electron chi connectivity index (χ2n) is 4.59. The fourth-order valence-corrected chi connectivity index (χ4v) is 2.07. The summed E-state index contributed by atoms with van der Waals surface area (Å²) in [6.45, 7) is 2.64. The number of carbonyl (C=O) groups excluding carboxylic acids is 1. The molecule has 1 heterocycles. The third kappa shape index (κ3) is 3.32. The zero-order valence-electron chi connectivity index (χ0n) is 12.1. The molecule has 0 spiro atoms. The van der Waals surface area contributed by atoms with Crippen molar-refractivity contribution >= 4 is 17.4 Å². The Morgan fingerprint density at radius 2 is 2.24 bits per heavy atom. The average Bonchev–Trinajstić information content (AvgIpc) is 2.71. The van der Waals surface area contributed by atoms with Crippen molar-refractivity contribution in [1.29, 1.82) is 0 Å². The number of amides is 1. The molecule has 7 nitrogen and oxygen atoms in total. The van der Waals surface area contributed by atoms with Crippen LogP contribution in [0.1, 0.15) is 16.1 Å². The molecule has 2 rings (SSSR count). The van der Waals surface area contributed by atoms with Crippen LogP contribution in [0.5, 0.6) is 5.75 Å². The number of anilines is 2. The normalized spacial score (nSPS) is 10.4. The maximum Gasteiger partial charge on any atom is 0.254 e. The molecule has 0 atom stereocenters. The Bertz CT molecular complexity index is 651. The number of ether oxygens (including phenoxy) is 1. The van der Waals surface area contributed by atoms with E-state index in [0.717, 1.165) is 5.69 Å². The second-order valence-corrected chi connectivity index (χ2v) is 4.59. The summed E-state index contributed by atoms with van der Waals surface area (Å²) < 4.78 is 7.05. The van der Waals surface area contributed by atoms with E-state index < -0.39 is 5.91 Å². The number of benzene rings is 1. The van der Waals surface area contributed by atoms with Crippen molar-refractivity contribution in [2.24, 2.45) is 18.5 Å². The number of nitrogens with one attached hydrogen (secondary N) is 1. The summed E-state index contributed by atoms with van der Waals surface area (Å²) in [6.07, 6.45) is 0. The van der Waals surface area contributed by atoms with E-state index in [4.69, 9.17) is 16.2 Å². The van der Waals surface area contributed by atoms with Gasteiger partial charge >= 0.3 is 0 Å². The third-order valence-electron chi connectivity index (χ3n) is 2.95. The highest BCUT2D eigenvalue weighted by Gasteiger charge is 2.18. The Morgan fingerprint density at radius 1 is 1.48 bits per heavy atom. The van der Waals surface area contributed by atoms with Crippen LogP contribution in [0.15, 0.2) is 24.3 Å². The van der Waals surface area contributed by atoms with Gasteiger partial charge in [0.05, 0.1) is 5.69 Å². The van der Waals surface area contributed by atoms with Gasteiger partial charge in [-0.25, -0.2) is 0 Å². The SMILES string of the molecule is Cc1nn(C)c(Nc2cccc(OCCN)c2)c1C(N)=O. The first-order valence-corrected chi connectivity index (χ1v) is 6.56. The molecule has 0 aliphatic heterocycles. The zero-order chi connectivity index (χ0) is 15.4. The number of nitrogens with two attached hydrogens (primary N) is 2. The van der Waals surface area contributed by atoms with E-state index in [1.54, 1.807) is 18.7 Å². The average molecular weight is 289 g/mol. The summed E-state index contributed by atoms with van der Waals surface area (Å²) in [7, 11) is 1.75. The van der Waals surface area contributed by atoms with Crippen molar-refractivity contribution in [3.05, 3.63) is 35.5 Å². The summed E-state index contributed by atoms with van der Waals surface area (Å²) >= 11 is 0. The number of rotatable bonds is 6. The molecule has 0 saturated carbocycles. The highest BCUT2D eigenvalue weighted by molar-refractivity contribution is 5.99. The van der Waals surface area contributed by atoms with Crippen molar-refractivity contribution < 1.29 is 9.53 Å². The van der Waals surface area contributed by atoms with Crippen molar-refractivity contribution in [2.75, 3.05) is 18.5 Å². The number of hydrogen-bond donors (Lipinski definition) is 3. The van der Waals surface area contributed by atoms with Gasteiger partial charge in [0.1, 0.15) is 23.7 Å². The predicted octanol–water partition coefficient (Wildman–Crippen LogP) is 0.909. The van der Waals surface area contributed by atoms with Gasteiger partial charge in [0.15, 0.2) is 0 Å². The zero-order valence-corrected chi connectivity index (χ0v) is 12.1. The van der Waals surface area contributed by atoms with Gasteiger partial charge in [-0.05, 0) is 19.1 Å². The minimum atomic E-state index is -0.515. The summed E-state index contributed by atoms with van der Waals surface area (Å²) in [5.41, 5.74) is 12.6. The lowest BCUT2D eigenvalue weighted by molar-refractivity contribution is 0.100. The van der Waals surface area contributed by atoms with E-state index in [1.807, 2.05) is 24.3 Å². The van der Waals surface area contributed by atoms with Crippen LogP contribution in [-0.2, 0) is 7.05 Å². The molecular formula is C14H19N5O2. The topological polar surface area (TPSA) is 108 Å². The number of nitrogens with zero attached hydrogens (tertiary/aromatic N) is 2. The van der Waals surface area contributed by atoms with Gasteiger partial charge in [0.25, 0.3) is 5.91 Å². The molecule has 0 bridgehead atoms. The monoisotopic (exact) mass is 289 g/mol. The molecule has 1 amide bonds. The Balaban J connectivity index is 2.28. The molecule has 0 aliphatic carbocycles. The molecule has 0 fully saturated rings. The summed E-state index contributed by atoms with van der Waals surface area (Å²) in [4.78, 5) is 11.5. The smallest absolute Gasteiger partial charge is 0.254 e. The lowest BCUT2D eigenvalue weighted by Crippen LogP contribution is -2.14. The van der Waals surface area contributed by atoms with Crippen LogP contribution in [0, 0.1) is 6.92 Å². The number of aromatic nitrogens is 2. The first-order chi connectivity index (χ1) is 10.0. The molecule has 0 radical (unpaired) electrons. The Hall–Kier alpha value is -2.54. The lowest BCUT2D eigenvalue weighted by Gasteiger charge is -2.10. The van der Waals surface area contributed by atoms with Gasteiger partial charge in [-0.3, -0.25) is 9.48 Å². The van der Waals surface area contributed by atoms with Crippen LogP contribution in [-0.4, -0.2) is 28.8 Å². The fraction of sp³-hybridized carbons (Fsp3) is 0.286. The maximum atomic E-state index is 11.5. The standard InChI is InChI=1S/C14H19N5O2/c1-9-12(13(16)20)14(19(2)18-9)17-10-4-3-5-11(8-10)21-7-6-15/h3-5,8,17H,6-7,15H2,1-2H3,(H2,16,20). The van der Waals surface area contributed by atoms with E-state index in [1.165, 1.54) is 0 Å². The van der Waals surface area contributed by atoms with Gasteiger partial charge in [0.2, 0.25) is 0 Å². The molecule has 7 heteroatoms. The molecule has 5 N–H and O–H groups in total. The van der Waals surface area contributed by atoms with E-state index in [9.17, 15) is 4.79 Å². The number of carbonyl (C=O) groups is 1. The summed E-state index contributed by atoms with van der Waals surface area (Å²) in [6, 6.07) is 7.37. The Kier molecular flexibility index (Phi) is 4.44. The minimum absolute atomic E-state index is 0.380. The van der Waals surface area contributed by atoms with Gasteiger partial charge < -0.3 is 21.5 Å². The van der Waals surface area contributed by atoms with Crippen LogP contribution in [0.3, 0.4) is 0 Å². The van der Waals surface area contributed by atoms with Crippen molar-refractivity contribution in [1.82, 2.24) is 9.78 Å². The summed E-state index contributed by atoms with van der Waals surface area (Å²) in [5.74, 6) is 0.736. The molecule has 1 aromatic carbocycles. The van der Waals surface area contributed by atoms with E-state index in [2.05, 4.69) is 10.4 Å². The molecule has 21 heavy (non-hydrogen) atoms. The molecule has 0 aliphatic rings. The molecular weight excluding hydrogens is 270 g/mol. The minimum Gasteiger partial charge on any atom is -0.492 e. The van der Waals surface area contributed by atoms with Crippen LogP contribution < -0.4 is 21.5 Å². The highest BCUT2D eigenvalue weighted by Crippen LogP contribution is 2.25. The van der Waals surface area contributed by atoms with Crippen molar-refractivity contribution in [3.8, 4) is 5.75 Å². The van der Waals surface area contributed by atoms with Crippen LogP contribution in [0.25, 0.3) is 0 Å². The molecule has 1 aromatic heterocycles. The maximum absolute atomic E-state index is 11.5. The fourth-order valence-electron chi connectivity index (χ4n) is 2.07. The van der Waals surface area contributed by atoms with Crippen molar-refractivity contribution in [2.45, 2.75) is 6.92 Å². The quantitative estimate of drug-likeness (QED) is 0.732. The number of primary amides is 1. The molecule has 0 saturated heterocycles. The van der Waals surface area contributed by atoms with Crippen molar-refractivity contribution in [3.63, 3.8) is 0 Å². The Labute approximate surface area is 122 Å². The van der Waals surface area contributed by atoms with Gasteiger partial charge in [-0.2, -0.15) is 5.10 Å². The first kappa shape index (κ1) is 14.9. The van der Waals surface area contributed by atoms with E-state index in [0.29, 0.717) is 36.0 Å². The van der Waals surface area contributed by atoms with Gasteiger partial charge in [-0.15, -0.1) is 0 Å². The first-order valence-electron chi connectivity index (χ1n) is 6.56. The van der Waals surface area contributed by atoms with Crippen LogP contribution >= 0.6 is 0 Å². The predicted molar refractivity (Wildman–Crippen MR) is 80.7 cm³/mol. The van der Waals surface area contributed by atoms with E-state index in [-0.39, 0.29) is 0 Å². The molecule has 0 unspecified atom stereocenters.